The summed E-state index contributed by atoms with van der Waals surface area (Å²) < 4.78 is 8.30. The second-order valence-corrected chi connectivity index (χ2v) is 7.55. The Morgan fingerprint density at radius 3 is 2.69 bits per heavy atom. The number of benzene rings is 2. The molecule has 132 valence electrons. The molecular formula is C22H22N2OS. The maximum absolute atomic E-state index is 6.01. The largest absolute Gasteiger partial charge is 0.492 e. The van der Waals surface area contributed by atoms with Gasteiger partial charge in [-0.1, -0.05) is 24.3 Å². The Morgan fingerprint density at radius 2 is 1.88 bits per heavy atom. The van der Waals surface area contributed by atoms with Crippen molar-refractivity contribution < 1.29 is 4.74 Å². The molecule has 4 rings (SSSR count). The van der Waals surface area contributed by atoms with Gasteiger partial charge in [0, 0.05) is 11.3 Å². The zero-order valence-electron chi connectivity index (χ0n) is 15.1. The number of aromatic nitrogens is 2. The van der Waals surface area contributed by atoms with Crippen molar-refractivity contribution in [2.45, 2.75) is 26.8 Å². The SMILES string of the molecule is Cc1ccc(OCCn2c(Cc3cccs3)nc3ccccc32)cc1C. The van der Waals surface area contributed by atoms with E-state index in [1.807, 2.05) is 12.1 Å². The Kier molecular flexibility index (Phi) is 4.76. The molecule has 0 saturated heterocycles. The van der Waals surface area contributed by atoms with E-state index in [-0.39, 0.29) is 0 Å². The number of imidazole rings is 1. The molecule has 0 aliphatic rings. The van der Waals surface area contributed by atoms with Crippen LogP contribution in [-0.4, -0.2) is 16.2 Å². The predicted molar refractivity (Wildman–Crippen MR) is 108 cm³/mol. The molecule has 0 saturated carbocycles. The minimum absolute atomic E-state index is 0.625. The molecule has 0 aliphatic carbocycles. The van der Waals surface area contributed by atoms with Crippen LogP contribution < -0.4 is 4.74 Å². The number of fused-ring (bicyclic) bond motifs is 1. The second kappa shape index (κ2) is 7.34. The van der Waals surface area contributed by atoms with Crippen LogP contribution in [0.25, 0.3) is 11.0 Å². The summed E-state index contributed by atoms with van der Waals surface area (Å²) in [5.41, 5.74) is 4.76. The van der Waals surface area contributed by atoms with Crippen LogP contribution in [0.2, 0.25) is 0 Å². The minimum Gasteiger partial charge on any atom is -0.492 e. The lowest BCUT2D eigenvalue weighted by Crippen LogP contribution is -2.11. The Balaban J connectivity index is 1.55. The molecule has 26 heavy (non-hydrogen) atoms. The molecule has 0 spiro atoms. The highest BCUT2D eigenvalue weighted by Gasteiger charge is 2.11. The molecule has 0 fully saturated rings. The van der Waals surface area contributed by atoms with Crippen molar-refractivity contribution in [3.8, 4) is 5.75 Å². The highest BCUT2D eigenvalue weighted by Crippen LogP contribution is 2.21. The predicted octanol–water partition coefficient (Wildman–Crippen LogP) is 5.38. The molecule has 2 aromatic heterocycles. The van der Waals surface area contributed by atoms with Crippen molar-refractivity contribution in [3.63, 3.8) is 0 Å². The van der Waals surface area contributed by atoms with Gasteiger partial charge < -0.3 is 9.30 Å². The van der Waals surface area contributed by atoms with E-state index in [2.05, 4.69) is 66.3 Å². The van der Waals surface area contributed by atoms with E-state index >= 15 is 0 Å². The van der Waals surface area contributed by atoms with Gasteiger partial charge in [0.15, 0.2) is 0 Å². The van der Waals surface area contributed by atoms with Gasteiger partial charge in [0.25, 0.3) is 0 Å². The van der Waals surface area contributed by atoms with Crippen molar-refractivity contribution in [1.82, 2.24) is 9.55 Å². The van der Waals surface area contributed by atoms with Gasteiger partial charge in [-0.3, -0.25) is 0 Å². The van der Waals surface area contributed by atoms with Crippen molar-refractivity contribution >= 4 is 22.4 Å². The van der Waals surface area contributed by atoms with Gasteiger partial charge in [0.05, 0.1) is 17.6 Å². The quantitative estimate of drug-likeness (QED) is 0.460. The van der Waals surface area contributed by atoms with Gasteiger partial charge in [0.1, 0.15) is 18.2 Å². The molecular weight excluding hydrogens is 340 g/mol. The van der Waals surface area contributed by atoms with E-state index < -0.39 is 0 Å². The first kappa shape index (κ1) is 16.9. The van der Waals surface area contributed by atoms with Crippen LogP contribution in [0.5, 0.6) is 5.75 Å². The summed E-state index contributed by atoms with van der Waals surface area (Å²) in [6, 6.07) is 18.8. The second-order valence-electron chi connectivity index (χ2n) is 6.52. The third-order valence-corrected chi connectivity index (χ3v) is 5.58. The van der Waals surface area contributed by atoms with Crippen molar-refractivity contribution in [3.05, 3.63) is 81.8 Å². The first-order valence-corrected chi connectivity index (χ1v) is 9.75. The van der Waals surface area contributed by atoms with Crippen LogP contribution >= 0.6 is 11.3 Å². The summed E-state index contributed by atoms with van der Waals surface area (Å²) in [7, 11) is 0. The van der Waals surface area contributed by atoms with Crippen molar-refractivity contribution in [2.24, 2.45) is 0 Å². The summed E-state index contributed by atoms with van der Waals surface area (Å²) in [4.78, 5) is 6.18. The summed E-state index contributed by atoms with van der Waals surface area (Å²) in [5, 5.41) is 2.12. The Labute approximate surface area is 157 Å². The molecule has 0 radical (unpaired) electrons. The molecule has 0 atom stereocenters. The smallest absolute Gasteiger partial charge is 0.119 e. The monoisotopic (exact) mass is 362 g/mol. The Bertz CT molecular complexity index is 1020. The van der Waals surface area contributed by atoms with Crippen LogP contribution in [0.3, 0.4) is 0 Å². The summed E-state index contributed by atoms with van der Waals surface area (Å²) in [6.45, 7) is 5.65. The van der Waals surface area contributed by atoms with Gasteiger partial charge in [-0.2, -0.15) is 0 Å². The van der Waals surface area contributed by atoms with E-state index in [1.165, 1.54) is 21.5 Å². The van der Waals surface area contributed by atoms with Crippen molar-refractivity contribution in [1.29, 1.82) is 0 Å². The molecule has 4 heteroatoms. The average molecular weight is 362 g/mol. The highest BCUT2D eigenvalue weighted by molar-refractivity contribution is 7.09. The van der Waals surface area contributed by atoms with Crippen LogP contribution in [0, 0.1) is 13.8 Å². The van der Waals surface area contributed by atoms with Gasteiger partial charge in [-0.05, 0) is 60.7 Å². The number of nitrogens with zero attached hydrogens (tertiary/aromatic N) is 2. The molecule has 0 N–H and O–H groups in total. The molecule has 3 nitrogen and oxygen atoms in total. The molecule has 0 unspecified atom stereocenters. The minimum atomic E-state index is 0.625. The van der Waals surface area contributed by atoms with Crippen LogP contribution in [0.15, 0.2) is 60.0 Å². The lowest BCUT2D eigenvalue weighted by molar-refractivity contribution is 0.298. The van der Waals surface area contributed by atoms with E-state index in [1.54, 1.807) is 11.3 Å². The highest BCUT2D eigenvalue weighted by atomic mass is 32.1. The number of aryl methyl sites for hydroxylation is 2. The fourth-order valence-corrected chi connectivity index (χ4v) is 3.84. The molecule has 0 bridgehead atoms. The zero-order chi connectivity index (χ0) is 17.9. The van der Waals surface area contributed by atoms with Crippen LogP contribution in [0.1, 0.15) is 21.8 Å². The standard InChI is InChI=1S/C22H22N2OS/c1-16-9-10-18(14-17(16)2)25-12-11-24-21-8-4-3-7-20(21)23-22(24)15-19-6-5-13-26-19/h3-10,13-14H,11-12,15H2,1-2H3. The third kappa shape index (κ3) is 3.51. The number of hydrogen-bond donors (Lipinski definition) is 0. The maximum Gasteiger partial charge on any atom is 0.119 e. The molecule has 2 heterocycles. The zero-order valence-corrected chi connectivity index (χ0v) is 15.9. The lowest BCUT2D eigenvalue weighted by Gasteiger charge is -2.11. The van der Waals surface area contributed by atoms with Gasteiger partial charge >= 0.3 is 0 Å². The number of ether oxygens (including phenoxy) is 1. The lowest BCUT2D eigenvalue weighted by atomic mass is 10.1. The third-order valence-electron chi connectivity index (χ3n) is 4.71. The van der Waals surface area contributed by atoms with E-state index in [4.69, 9.17) is 9.72 Å². The molecule has 0 amide bonds. The van der Waals surface area contributed by atoms with E-state index in [0.717, 1.165) is 30.1 Å². The first-order chi connectivity index (χ1) is 12.7. The molecule has 4 aromatic rings. The van der Waals surface area contributed by atoms with E-state index in [0.29, 0.717) is 6.61 Å². The van der Waals surface area contributed by atoms with Crippen molar-refractivity contribution in [2.75, 3.05) is 6.61 Å². The topological polar surface area (TPSA) is 27.1 Å². The maximum atomic E-state index is 6.01. The first-order valence-electron chi connectivity index (χ1n) is 8.87. The average Bonchev–Trinajstić information content (AvgIpc) is 3.27. The normalized spacial score (nSPS) is 11.2. The summed E-state index contributed by atoms with van der Waals surface area (Å²) in [6.07, 6.45) is 0.857. The number of hydrogen-bond acceptors (Lipinski definition) is 3. The molecule has 0 aliphatic heterocycles. The fourth-order valence-electron chi connectivity index (χ4n) is 3.14. The fraction of sp³-hybridized carbons (Fsp3) is 0.227. The number of thiophene rings is 1. The summed E-state index contributed by atoms with van der Waals surface area (Å²) >= 11 is 1.78. The molecule has 2 aromatic carbocycles. The van der Waals surface area contributed by atoms with Gasteiger partial charge in [-0.25, -0.2) is 4.98 Å². The number of para-hydroxylation sites is 2. The van der Waals surface area contributed by atoms with Gasteiger partial charge in [-0.15, -0.1) is 11.3 Å². The summed E-state index contributed by atoms with van der Waals surface area (Å²) in [5.74, 6) is 2.02. The van der Waals surface area contributed by atoms with Gasteiger partial charge in [0.2, 0.25) is 0 Å². The number of rotatable bonds is 6. The van der Waals surface area contributed by atoms with Crippen LogP contribution in [-0.2, 0) is 13.0 Å². The van der Waals surface area contributed by atoms with E-state index in [9.17, 15) is 0 Å². The van der Waals surface area contributed by atoms with Crippen LogP contribution in [0.4, 0.5) is 0 Å². The Hall–Kier alpha value is -2.59. The Morgan fingerprint density at radius 1 is 1.00 bits per heavy atom.